The lowest BCUT2D eigenvalue weighted by Gasteiger charge is -2.34. The zero-order valence-electron chi connectivity index (χ0n) is 17.3. The average molecular weight is 449 g/mol. The van der Waals surface area contributed by atoms with E-state index < -0.39 is 0 Å². The van der Waals surface area contributed by atoms with Gasteiger partial charge in [-0.15, -0.1) is 11.3 Å². The highest BCUT2D eigenvalue weighted by Crippen LogP contribution is 2.30. The third-order valence-electron chi connectivity index (χ3n) is 5.70. The van der Waals surface area contributed by atoms with E-state index in [1.54, 1.807) is 4.90 Å². The van der Waals surface area contributed by atoms with Crippen LogP contribution in [0.1, 0.15) is 16.2 Å². The predicted molar refractivity (Wildman–Crippen MR) is 123 cm³/mol. The number of amides is 1. The van der Waals surface area contributed by atoms with Crippen molar-refractivity contribution in [3.63, 3.8) is 0 Å². The molecular formula is C24H21FN4O2S. The fourth-order valence-electron chi connectivity index (χ4n) is 3.99. The molecule has 0 radical (unpaired) electrons. The molecule has 8 heteroatoms. The van der Waals surface area contributed by atoms with Gasteiger partial charge in [-0.1, -0.05) is 30.3 Å². The van der Waals surface area contributed by atoms with Crippen LogP contribution in [0.25, 0.3) is 21.3 Å². The Labute approximate surface area is 187 Å². The summed E-state index contributed by atoms with van der Waals surface area (Å²) >= 11 is 1.47. The minimum absolute atomic E-state index is 0.0929. The van der Waals surface area contributed by atoms with Crippen molar-refractivity contribution in [2.24, 2.45) is 0 Å². The van der Waals surface area contributed by atoms with Crippen molar-refractivity contribution in [2.45, 2.75) is 6.54 Å². The van der Waals surface area contributed by atoms with E-state index in [-0.39, 0.29) is 17.3 Å². The quantitative estimate of drug-likeness (QED) is 0.516. The highest BCUT2D eigenvalue weighted by Gasteiger charge is 2.23. The number of aromatic nitrogens is 2. The Balaban J connectivity index is 1.27. The molecule has 162 valence electrons. The monoisotopic (exact) mass is 448 g/mol. The summed E-state index contributed by atoms with van der Waals surface area (Å²) in [7, 11) is 0. The van der Waals surface area contributed by atoms with E-state index in [1.807, 2.05) is 35.7 Å². The van der Waals surface area contributed by atoms with Gasteiger partial charge in [0.25, 0.3) is 11.5 Å². The first-order valence-corrected chi connectivity index (χ1v) is 11.3. The van der Waals surface area contributed by atoms with Crippen molar-refractivity contribution < 1.29 is 9.18 Å². The molecule has 32 heavy (non-hydrogen) atoms. The molecule has 0 aliphatic carbocycles. The first kappa shape index (κ1) is 20.5. The molecule has 2 aromatic heterocycles. The highest BCUT2D eigenvalue weighted by molar-refractivity contribution is 7.17. The van der Waals surface area contributed by atoms with E-state index in [9.17, 15) is 14.0 Å². The summed E-state index contributed by atoms with van der Waals surface area (Å²) in [6, 6.07) is 15.5. The summed E-state index contributed by atoms with van der Waals surface area (Å²) in [6.07, 6.45) is 0. The number of carbonyl (C=O) groups is 1. The number of rotatable bonds is 4. The molecule has 1 N–H and O–H groups in total. The largest absolute Gasteiger partial charge is 0.336 e. The predicted octanol–water partition coefficient (Wildman–Crippen LogP) is 3.75. The Kier molecular flexibility index (Phi) is 5.55. The Bertz CT molecular complexity index is 1310. The summed E-state index contributed by atoms with van der Waals surface area (Å²) in [4.78, 5) is 37.7. The van der Waals surface area contributed by atoms with Gasteiger partial charge in [0.1, 0.15) is 16.5 Å². The Hall–Kier alpha value is -3.36. The third kappa shape index (κ3) is 4.06. The van der Waals surface area contributed by atoms with Crippen LogP contribution in [0.4, 0.5) is 4.39 Å². The average Bonchev–Trinajstić information content (AvgIpc) is 3.25. The molecule has 0 unspecified atom stereocenters. The normalized spacial score (nSPS) is 14.7. The lowest BCUT2D eigenvalue weighted by atomic mass is 10.1. The van der Waals surface area contributed by atoms with Gasteiger partial charge in [0.2, 0.25) is 0 Å². The van der Waals surface area contributed by atoms with Gasteiger partial charge in [0.15, 0.2) is 0 Å². The lowest BCUT2D eigenvalue weighted by Crippen LogP contribution is -2.48. The van der Waals surface area contributed by atoms with Gasteiger partial charge in [0, 0.05) is 42.7 Å². The van der Waals surface area contributed by atoms with Gasteiger partial charge in [0.05, 0.1) is 11.9 Å². The van der Waals surface area contributed by atoms with Gasteiger partial charge >= 0.3 is 0 Å². The summed E-state index contributed by atoms with van der Waals surface area (Å²) in [5, 5.41) is 2.60. The maximum absolute atomic E-state index is 13.1. The second-order valence-corrected chi connectivity index (χ2v) is 8.64. The number of piperazine rings is 1. The molecule has 6 nitrogen and oxygen atoms in total. The molecule has 1 amide bonds. The molecule has 2 aromatic carbocycles. The number of fused-ring (bicyclic) bond motifs is 1. The van der Waals surface area contributed by atoms with E-state index >= 15 is 0 Å². The highest BCUT2D eigenvalue weighted by atomic mass is 32.1. The van der Waals surface area contributed by atoms with Crippen LogP contribution in [0, 0.1) is 5.82 Å². The van der Waals surface area contributed by atoms with Crippen LogP contribution in [0.3, 0.4) is 0 Å². The van der Waals surface area contributed by atoms with Crippen molar-refractivity contribution in [2.75, 3.05) is 26.2 Å². The molecule has 1 aliphatic rings. The molecule has 0 spiro atoms. The zero-order chi connectivity index (χ0) is 22.1. The zero-order valence-corrected chi connectivity index (χ0v) is 18.1. The number of carbonyl (C=O) groups excluding carboxylic acids is 1. The number of halogens is 1. The number of nitrogens with zero attached hydrogens (tertiary/aromatic N) is 3. The minimum Gasteiger partial charge on any atom is -0.336 e. The fraction of sp³-hybridized carbons (Fsp3) is 0.208. The van der Waals surface area contributed by atoms with Crippen molar-refractivity contribution in [3.8, 4) is 11.1 Å². The minimum atomic E-state index is -0.355. The molecule has 0 saturated carbocycles. The number of nitrogens with one attached hydrogen (secondary N) is 1. The summed E-state index contributed by atoms with van der Waals surface area (Å²) in [5.74, 6) is 0.179. The lowest BCUT2D eigenvalue weighted by molar-refractivity contribution is 0.0625. The Morgan fingerprint density at radius 2 is 1.75 bits per heavy atom. The van der Waals surface area contributed by atoms with E-state index in [0.29, 0.717) is 49.5 Å². The van der Waals surface area contributed by atoms with E-state index in [2.05, 4.69) is 9.88 Å². The summed E-state index contributed by atoms with van der Waals surface area (Å²) < 4.78 is 13.1. The summed E-state index contributed by atoms with van der Waals surface area (Å²) in [5.41, 5.74) is 2.26. The van der Waals surface area contributed by atoms with Crippen molar-refractivity contribution in [1.82, 2.24) is 19.8 Å². The molecule has 1 aliphatic heterocycles. The molecule has 0 bridgehead atoms. The number of thiophene rings is 1. The number of H-pyrrole nitrogens is 1. The second-order valence-electron chi connectivity index (χ2n) is 7.78. The van der Waals surface area contributed by atoms with E-state index in [4.69, 9.17) is 4.98 Å². The van der Waals surface area contributed by atoms with Crippen LogP contribution >= 0.6 is 11.3 Å². The third-order valence-corrected chi connectivity index (χ3v) is 6.57. The maximum Gasteiger partial charge on any atom is 0.260 e. The van der Waals surface area contributed by atoms with Gasteiger partial charge in [-0.3, -0.25) is 14.5 Å². The van der Waals surface area contributed by atoms with Crippen LogP contribution in [0.5, 0.6) is 0 Å². The van der Waals surface area contributed by atoms with Crippen LogP contribution in [-0.2, 0) is 6.54 Å². The number of hydrogen-bond donors (Lipinski definition) is 1. The van der Waals surface area contributed by atoms with Crippen molar-refractivity contribution in [1.29, 1.82) is 0 Å². The second kappa shape index (κ2) is 8.64. The number of aromatic amines is 1. The number of hydrogen-bond acceptors (Lipinski definition) is 5. The summed E-state index contributed by atoms with van der Waals surface area (Å²) in [6.45, 7) is 3.00. The molecule has 3 heterocycles. The van der Waals surface area contributed by atoms with Crippen molar-refractivity contribution >= 4 is 27.5 Å². The maximum atomic E-state index is 13.1. The molecular weight excluding hydrogens is 427 g/mol. The standard InChI is InChI=1S/C24H21FN4O2S/c25-18-8-6-17(7-9-18)24(31)29-12-10-28(11-13-29)14-20-26-22(30)21-19(15-32-23(21)27-20)16-4-2-1-3-5-16/h1-9,15H,10-14H2,(H,26,27,30). The molecule has 4 aromatic rings. The van der Waals surface area contributed by atoms with E-state index in [0.717, 1.165) is 16.0 Å². The van der Waals surface area contributed by atoms with Crippen LogP contribution in [-0.4, -0.2) is 51.9 Å². The first-order valence-electron chi connectivity index (χ1n) is 10.4. The smallest absolute Gasteiger partial charge is 0.260 e. The number of benzene rings is 2. The van der Waals surface area contributed by atoms with Gasteiger partial charge in [-0.25, -0.2) is 9.37 Å². The van der Waals surface area contributed by atoms with Gasteiger partial charge in [-0.2, -0.15) is 0 Å². The Morgan fingerprint density at radius 3 is 2.47 bits per heavy atom. The molecule has 0 atom stereocenters. The topological polar surface area (TPSA) is 69.3 Å². The van der Waals surface area contributed by atoms with Gasteiger partial charge in [-0.05, 0) is 29.8 Å². The van der Waals surface area contributed by atoms with Gasteiger partial charge < -0.3 is 9.88 Å². The molecule has 1 fully saturated rings. The molecule has 1 saturated heterocycles. The van der Waals surface area contributed by atoms with Crippen LogP contribution in [0.15, 0.2) is 64.8 Å². The van der Waals surface area contributed by atoms with E-state index in [1.165, 1.54) is 35.6 Å². The first-order chi connectivity index (χ1) is 15.6. The SMILES string of the molecule is O=C(c1ccc(F)cc1)N1CCN(Cc2nc3scc(-c4ccccc4)c3c(=O)[nH]2)CC1. The molecule has 5 rings (SSSR count). The van der Waals surface area contributed by atoms with Crippen molar-refractivity contribution in [3.05, 3.63) is 87.5 Å². The Morgan fingerprint density at radius 1 is 1.03 bits per heavy atom. The van der Waals surface area contributed by atoms with Crippen LogP contribution < -0.4 is 5.56 Å². The fourth-order valence-corrected chi connectivity index (χ4v) is 4.96. The van der Waals surface area contributed by atoms with Crippen LogP contribution in [0.2, 0.25) is 0 Å².